The number of hydrogen-bond acceptors (Lipinski definition) is 4. The van der Waals surface area contributed by atoms with E-state index in [1.165, 1.54) is 0 Å². The molecule has 8 heteroatoms. The Morgan fingerprint density at radius 2 is 2.03 bits per heavy atom. The molecule has 0 fully saturated rings. The number of rotatable bonds is 5. The van der Waals surface area contributed by atoms with Crippen molar-refractivity contribution in [3.8, 4) is 0 Å². The van der Waals surface area contributed by atoms with E-state index < -0.39 is 0 Å². The smallest absolute Gasteiger partial charge is 0.261 e. The minimum absolute atomic E-state index is 0.0646. The molecule has 0 bridgehead atoms. The summed E-state index contributed by atoms with van der Waals surface area (Å²) in [5.41, 5.74) is 2.87. The van der Waals surface area contributed by atoms with Crippen molar-refractivity contribution in [3.05, 3.63) is 69.3 Å². The monoisotopic (exact) mass is 410 g/mol. The number of H-pyrrole nitrogens is 2. The molecule has 7 nitrogen and oxygen atoms in total. The summed E-state index contributed by atoms with van der Waals surface area (Å²) in [5, 5.41) is 3.69. The van der Waals surface area contributed by atoms with Gasteiger partial charge in [0.05, 0.1) is 5.56 Å². The van der Waals surface area contributed by atoms with Gasteiger partial charge in [0.25, 0.3) is 17.4 Å². The van der Waals surface area contributed by atoms with Crippen molar-refractivity contribution < 1.29 is 9.59 Å². The lowest BCUT2D eigenvalue weighted by Gasteiger charge is -2.29. The Kier molecular flexibility index (Phi) is 5.44. The molecular formula is C21H22N4O3S. The van der Waals surface area contributed by atoms with E-state index in [2.05, 4.69) is 15.3 Å². The first-order valence-corrected chi connectivity index (χ1v) is 10.9. The number of aromatic amines is 2. The highest BCUT2D eigenvalue weighted by Crippen LogP contribution is 2.24. The van der Waals surface area contributed by atoms with Crippen LogP contribution in [0.3, 0.4) is 0 Å². The summed E-state index contributed by atoms with van der Waals surface area (Å²) in [7, 11) is 0. The topological polar surface area (TPSA) is 98.1 Å². The van der Waals surface area contributed by atoms with E-state index in [0.29, 0.717) is 31.6 Å². The summed E-state index contributed by atoms with van der Waals surface area (Å²) < 4.78 is 0. The van der Waals surface area contributed by atoms with E-state index in [4.69, 9.17) is 0 Å². The number of hydrogen-bond donors (Lipinski definition) is 3. The second kappa shape index (κ2) is 8.16. The van der Waals surface area contributed by atoms with Gasteiger partial charge >= 0.3 is 0 Å². The quantitative estimate of drug-likeness (QED) is 0.562. The Labute approximate surface area is 171 Å². The van der Waals surface area contributed by atoms with E-state index in [-0.39, 0.29) is 22.9 Å². The zero-order valence-electron chi connectivity index (χ0n) is 16.1. The first kappa shape index (κ1) is 19.3. The summed E-state index contributed by atoms with van der Waals surface area (Å²) in [6.07, 6.45) is 5.78. The maximum Gasteiger partial charge on any atom is 0.261 e. The number of nitrogens with zero attached hydrogens (tertiary/aromatic N) is 1. The summed E-state index contributed by atoms with van der Waals surface area (Å²) in [6.45, 7) is 1.32. The number of carbonyl (C=O) groups is 2. The first-order chi connectivity index (χ1) is 14.1. The molecule has 0 atom stereocenters. The molecule has 2 aromatic heterocycles. The number of fused-ring (bicyclic) bond motifs is 2. The van der Waals surface area contributed by atoms with Crippen LogP contribution in [0.4, 0.5) is 0 Å². The van der Waals surface area contributed by atoms with Gasteiger partial charge in [0.2, 0.25) is 0 Å². The third-order valence-corrected chi connectivity index (χ3v) is 5.82. The SMILES string of the molecule is CSCCNC(=O)c1c2c(c[nH]c1=O)CN(C(=O)c1c[nH]c3ccccc13)CC2. The molecule has 0 saturated heterocycles. The Morgan fingerprint density at radius 1 is 1.21 bits per heavy atom. The standard InChI is InChI=1S/C21H22N4O3S/c1-29-9-7-22-19(26)18-14-6-8-25(12-13(14)10-24-20(18)27)21(28)16-11-23-17-5-3-2-4-15(16)17/h2-5,10-11,23H,6-9,12H2,1H3,(H,22,26)(H,24,27). The molecule has 29 heavy (non-hydrogen) atoms. The average Bonchev–Trinajstić information content (AvgIpc) is 3.17. The molecule has 1 aliphatic rings. The van der Waals surface area contributed by atoms with Gasteiger partial charge in [0, 0.05) is 48.7 Å². The van der Waals surface area contributed by atoms with Crippen molar-refractivity contribution in [3.63, 3.8) is 0 Å². The van der Waals surface area contributed by atoms with Crippen LogP contribution in [-0.4, -0.2) is 51.8 Å². The van der Waals surface area contributed by atoms with Gasteiger partial charge in [-0.05, 0) is 29.9 Å². The van der Waals surface area contributed by atoms with Crippen LogP contribution in [0.5, 0.6) is 0 Å². The highest BCUT2D eigenvalue weighted by atomic mass is 32.2. The molecule has 3 aromatic rings. The van der Waals surface area contributed by atoms with E-state index >= 15 is 0 Å². The Balaban J connectivity index is 1.59. The van der Waals surface area contributed by atoms with E-state index in [1.807, 2.05) is 30.5 Å². The molecule has 4 rings (SSSR count). The van der Waals surface area contributed by atoms with Gasteiger partial charge in [-0.15, -0.1) is 0 Å². The zero-order valence-corrected chi connectivity index (χ0v) is 16.9. The molecule has 0 unspecified atom stereocenters. The summed E-state index contributed by atoms with van der Waals surface area (Å²) in [4.78, 5) is 45.5. The molecule has 0 aliphatic carbocycles. The third kappa shape index (κ3) is 3.67. The Morgan fingerprint density at radius 3 is 2.86 bits per heavy atom. The van der Waals surface area contributed by atoms with Gasteiger partial charge < -0.3 is 20.2 Å². The summed E-state index contributed by atoms with van der Waals surface area (Å²) >= 11 is 1.63. The van der Waals surface area contributed by atoms with Gasteiger partial charge in [-0.25, -0.2) is 0 Å². The largest absolute Gasteiger partial charge is 0.360 e. The predicted molar refractivity (Wildman–Crippen MR) is 115 cm³/mol. The number of para-hydroxylation sites is 1. The molecule has 0 spiro atoms. The van der Waals surface area contributed by atoms with Crippen molar-refractivity contribution in [2.45, 2.75) is 13.0 Å². The third-order valence-electron chi connectivity index (χ3n) is 5.21. The average molecular weight is 410 g/mol. The van der Waals surface area contributed by atoms with Crippen LogP contribution in [0.1, 0.15) is 31.8 Å². The Hall–Kier alpha value is -3.00. The van der Waals surface area contributed by atoms with Crippen LogP contribution in [0.2, 0.25) is 0 Å². The molecular weight excluding hydrogens is 388 g/mol. The van der Waals surface area contributed by atoms with Crippen LogP contribution in [-0.2, 0) is 13.0 Å². The lowest BCUT2D eigenvalue weighted by Crippen LogP contribution is -2.40. The lowest BCUT2D eigenvalue weighted by molar-refractivity contribution is 0.0736. The minimum atomic E-state index is -0.387. The van der Waals surface area contributed by atoms with E-state index in [9.17, 15) is 14.4 Å². The van der Waals surface area contributed by atoms with Crippen molar-refractivity contribution in [2.24, 2.45) is 0 Å². The van der Waals surface area contributed by atoms with Crippen molar-refractivity contribution in [1.82, 2.24) is 20.2 Å². The summed E-state index contributed by atoms with van der Waals surface area (Å²) in [5.74, 6) is 0.366. The van der Waals surface area contributed by atoms with E-state index in [1.54, 1.807) is 29.1 Å². The van der Waals surface area contributed by atoms with Gasteiger partial charge in [0.15, 0.2) is 0 Å². The van der Waals surface area contributed by atoms with Crippen LogP contribution < -0.4 is 10.9 Å². The number of nitrogens with one attached hydrogen (secondary N) is 3. The molecule has 0 saturated carbocycles. The van der Waals surface area contributed by atoms with E-state index in [0.717, 1.165) is 27.8 Å². The first-order valence-electron chi connectivity index (χ1n) is 9.46. The van der Waals surface area contributed by atoms with Crippen LogP contribution >= 0.6 is 11.8 Å². The van der Waals surface area contributed by atoms with Gasteiger partial charge in [-0.2, -0.15) is 11.8 Å². The fourth-order valence-electron chi connectivity index (χ4n) is 3.75. The normalized spacial score (nSPS) is 13.3. The molecule has 3 heterocycles. The highest BCUT2D eigenvalue weighted by molar-refractivity contribution is 7.98. The van der Waals surface area contributed by atoms with Gasteiger partial charge in [-0.3, -0.25) is 14.4 Å². The Bertz CT molecular complexity index is 1130. The number of carbonyl (C=O) groups excluding carboxylic acids is 2. The van der Waals surface area contributed by atoms with Crippen molar-refractivity contribution in [2.75, 3.05) is 25.1 Å². The molecule has 2 amide bonds. The molecule has 150 valence electrons. The fraction of sp³-hybridized carbons (Fsp3) is 0.286. The fourth-order valence-corrected chi connectivity index (χ4v) is 4.06. The number of thioether (sulfide) groups is 1. The lowest BCUT2D eigenvalue weighted by atomic mass is 9.96. The predicted octanol–water partition coefficient (Wildman–Crippen LogP) is 2.15. The second-order valence-electron chi connectivity index (χ2n) is 6.97. The number of aromatic nitrogens is 2. The summed E-state index contributed by atoms with van der Waals surface area (Å²) in [6, 6.07) is 7.69. The van der Waals surface area contributed by atoms with Gasteiger partial charge in [-0.1, -0.05) is 18.2 Å². The minimum Gasteiger partial charge on any atom is -0.360 e. The molecule has 1 aromatic carbocycles. The van der Waals surface area contributed by atoms with Crippen molar-refractivity contribution in [1.29, 1.82) is 0 Å². The number of benzene rings is 1. The van der Waals surface area contributed by atoms with Crippen LogP contribution in [0.25, 0.3) is 10.9 Å². The molecule has 3 N–H and O–H groups in total. The highest BCUT2D eigenvalue weighted by Gasteiger charge is 2.28. The number of pyridine rings is 1. The maximum atomic E-state index is 13.1. The maximum absolute atomic E-state index is 13.1. The zero-order chi connectivity index (χ0) is 20.4. The van der Waals surface area contributed by atoms with Crippen LogP contribution in [0.15, 0.2) is 41.5 Å². The van der Waals surface area contributed by atoms with Crippen LogP contribution in [0, 0.1) is 0 Å². The second-order valence-corrected chi connectivity index (χ2v) is 7.96. The van der Waals surface area contributed by atoms with Crippen molar-refractivity contribution >= 4 is 34.5 Å². The molecule has 0 radical (unpaired) electrons. The van der Waals surface area contributed by atoms with Gasteiger partial charge in [0.1, 0.15) is 5.56 Å². The number of amides is 2. The molecule has 1 aliphatic heterocycles.